The molecule has 0 saturated heterocycles. The molecule has 7 heteroatoms. The highest BCUT2D eigenvalue weighted by Crippen LogP contribution is 2.09. The summed E-state index contributed by atoms with van der Waals surface area (Å²) in [6.45, 7) is 8.76. The zero-order valence-electron chi connectivity index (χ0n) is 11.3. The van der Waals surface area contributed by atoms with Gasteiger partial charge in [-0.3, -0.25) is 4.84 Å². The molecule has 18 heavy (non-hydrogen) atoms. The van der Waals surface area contributed by atoms with Crippen LogP contribution in [-0.4, -0.2) is 24.6 Å². The lowest BCUT2D eigenvalue weighted by Crippen LogP contribution is -2.26. The minimum Gasteiger partial charge on any atom is -0.334 e. The maximum atomic E-state index is 11.9. The second kappa shape index (κ2) is 6.31. The van der Waals surface area contributed by atoms with Crippen LogP contribution in [0.1, 0.15) is 33.0 Å². The molecule has 1 rings (SSSR count). The molecule has 0 aliphatic carbocycles. The fourth-order valence-electron chi connectivity index (χ4n) is 1.40. The number of nitrogens with zero attached hydrogens (tertiary/aromatic N) is 2. The molecule has 0 aliphatic rings. The van der Waals surface area contributed by atoms with Gasteiger partial charge in [-0.05, 0) is 19.3 Å². The van der Waals surface area contributed by atoms with E-state index in [1.807, 2.05) is 25.3 Å². The van der Waals surface area contributed by atoms with Crippen molar-refractivity contribution < 1.29 is 13.3 Å². The monoisotopic (exact) mass is 275 g/mol. The molecule has 0 saturated carbocycles. The Bertz CT molecular complexity index is 480. The Morgan fingerprint density at radius 2 is 2.17 bits per heavy atom. The van der Waals surface area contributed by atoms with Crippen LogP contribution < -0.4 is 4.89 Å². The van der Waals surface area contributed by atoms with Crippen LogP contribution in [0.4, 0.5) is 0 Å². The van der Waals surface area contributed by atoms with Crippen molar-refractivity contribution >= 4 is 10.0 Å². The van der Waals surface area contributed by atoms with E-state index in [2.05, 4.69) is 9.87 Å². The Balaban J connectivity index is 2.75. The van der Waals surface area contributed by atoms with Crippen molar-refractivity contribution in [2.75, 3.05) is 6.61 Å². The number of aryl methyl sites for hydroxylation is 2. The Kier molecular flexibility index (Phi) is 5.30. The Labute approximate surface area is 108 Å². The van der Waals surface area contributed by atoms with Crippen molar-refractivity contribution in [1.82, 2.24) is 14.4 Å². The number of sulfonamides is 1. The molecule has 0 atom stereocenters. The lowest BCUT2D eigenvalue weighted by Gasteiger charge is -2.06. The van der Waals surface area contributed by atoms with Gasteiger partial charge in [0.2, 0.25) is 0 Å². The van der Waals surface area contributed by atoms with Crippen LogP contribution in [-0.2, 0) is 21.4 Å². The molecule has 0 radical (unpaired) electrons. The molecule has 1 heterocycles. The van der Waals surface area contributed by atoms with Crippen LogP contribution in [0, 0.1) is 12.8 Å². The third-order valence-electron chi connectivity index (χ3n) is 2.28. The number of hydrogen-bond acceptors (Lipinski definition) is 4. The molecule has 1 N–H and O–H groups in total. The first-order chi connectivity index (χ1) is 8.36. The largest absolute Gasteiger partial charge is 0.334 e. The van der Waals surface area contributed by atoms with Crippen LogP contribution in [0.15, 0.2) is 11.2 Å². The first-order valence-electron chi connectivity index (χ1n) is 6.04. The summed E-state index contributed by atoms with van der Waals surface area (Å²) in [6.07, 6.45) is 2.45. The van der Waals surface area contributed by atoms with Crippen molar-refractivity contribution in [1.29, 1.82) is 0 Å². The first kappa shape index (κ1) is 15.1. The topological polar surface area (TPSA) is 73.2 Å². The summed E-state index contributed by atoms with van der Waals surface area (Å²) in [5.41, 5.74) is 0. The molecule has 0 spiro atoms. The van der Waals surface area contributed by atoms with Crippen LogP contribution in [0.25, 0.3) is 0 Å². The third-order valence-corrected chi connectivity index (χ3v) is 3.36. The summed E-state index contributed by atoms with van der Waals surface area (Å²) in [7, 11) is -3.68. The second-order valence-electron chi connectivity index (χ2n) is 4.61. The van der Waals surface area contributed by atoms with Gasteiger partial charge in [-0.1, -0.05) is 25.7 Å². The van der Waals surface area contributed by atoms with Gasteiger partial charge in [0.1, 0.15) is 5.82 Å². The van der Waals surface area contributed by atoms with E-state index in [4.69, 9.17) is 4.84 Å². The van der Waals surface area contributed by atoms with Crippen LogP contribution in [0.3, 0.4) is 0 Å². The van der Waals surface area contributed by atoms with Gasteiger partial charge in [-0.25, -0.2) is 13.4 Å². The lowest BCUT2D eigenvalue weighted by molar-refractivity contribution is 0.0717. The lowest BCUT2D eigenvalue weighted by atomic mass is 10.2. The van der Waals surface area contributed by atoms with Gasteiger partial charge in [0.25, 0.3) is 10.0 Å². The summed E-state index contributed by atoms with van der Waals surface area (Å²) in [4.78, 5) is 11.1. The van der Waals surface area contributed by atoms with Gasteiger partial charge in [0.05, 0.1) is 6.61 Å². The van der Waals surface area contributed by atoms with Gasteiger partial charge < -0.3 is 4.57 Å². The number of nitrogens with one attached hydrogen (secondary N) is 1. The molecular weight excluding hydrogens is 254 g/mol. The van der Waals surface area contributed by atoms with E-state index >= 15 is 0 Å². The van der Waals surface area contributed by atoms with Gasteiger partial charge in [-0.2, -0.15) is 0 Å². The third kappa shape index (κ3) is 4.08. The van der Waals surface area contributed by atoms with Crippen LogP contribution in [0.2, 0.25) is 0 Å². The molecule has 0 amide bonds. The van der Waals surface area contributed by atoms with Crippen molar-refractivity contribution in [2.45, 2.75) is 45.7 Å². The number of hydrogen-bond donors (Lipinski definition) is 1. The van der Waals surface area contributed by atoms with Gasteiger partial charge in [0.15, 0.2) is 5.03 Å². The zero-order valence-corrected chi connectivity index (χ0v) is 12.1. The number of aromatic nitrogens is 2. The summed E-state index contributed by atoms with van der Waals surface area (Å²) < 4.78 is 25.6. The summed E-state index contributed by atoms with van der Waals surface area (Å²) >= 11 is 0. The predicted molar refractivity (Wildman–Crippen MR) is 68.4 cm³/mol. The fourth-order valence-corrected chi connectivity index (χ4v) is 2.22. The van der Waals surface area contributed by atoms with E-state index in [0.717, 1.165) is 13.0 Å². The number of imidazole rings is 1. The second-order valence-corrected chi connectivity index (χ2v) is 6.20. The summed E-state index contributed by atoms with van der Waals surface area (Å²) in [5, 5.41) is -0.00259. The van der Waals surface area contributed by atoms with Crippen molar-refractivity contribution in [3.8, 4) is 0 Å². The van der Waals surface area contributed by atoms with Gasteiger partial charge in [0, 0.05) is 12.7 Å². The Morgan fingerprint density at radius 3 is 2.72 bits per heavy atom. The molecule has 1 aromatic rings. The molecule has 0 aromatic carbocycles. The molecule has 1 aromatic heterocycles. The normalized spacial score (nSPS) is 12.3. The minimum atomic E-state index is -3.68. The highest BCUT2D eigenvalue weighted by molar-refractivity contribution is 7.89. The fraction of sp³-hybridized carbons (Fsp3) is 0.727. The van der Waals surface area contributed by atoms with E-state index in [1.165, 1.54) is 6.20 Å². The standard InChI is InChI=1S/C11H21N3O3S/c1-5-6-14-7-11(12-10(14)4)18(15,16)13-17-8-9(2)3/h7,9,13H,5-6,8H2,1-4H3. The van der Waals surface area contributed by atoms with E-state index < -0.39 is 10.0 Å². The van der Waals surface area contributed by atoms with E-state index in [9.17, 15) is 8.42 Å². The molecule has 104 valence electrons. The van der Waals surface area contributed by atoms with E-state index in [-0.39, 0.29) is 10.9 Å². The van der Waals surface area contributed by atoms with E-state index in [0.29, 0.717) is 12.4 Å². The maximum Gasteiger partial charge on any atom is 0.281 e. The quantitative estimate of drug-likeness (QED) is 0.765. The van der Waals surface area contributed by atoms with Crippen molar-refractivity contribution in [3.63, 3.8) is 0 Å². The minimum absolute atomic E-state index is 0.00259. The highest BCUT2D eigenvalue weighted by Gasteiger charge is 2.19. The van der Waals surface area contributed by atoms with Gasteiger partial charge >= 0.3 is 0 Å². The molecule has 0 fully saturated rings. The van der Waals surface area contributed by atoms with Crippen LogP contribution in [0.5, 0.6) is 0 Å². The van der Waals surface area contributed by atoms with Crippen molar-refractivity contribution in [2.24, 2.45) is 5.92 Å². The zero-order chi connectivity index (χ0) is 13.8. The summed E-state index contributed by atoms with van der Waals surface area (Å²) in [5.74, 6) is 0.938. The van der Waals surface area contributed by atoms with Crippen LogP contribution >= 0.6 is 0 Å². The predicted octanol–water partition coefficient (Wildman–Crippen LogP) is 1.47. The average molecular weight is 275 g/mol. The molecule has 6 nitrogen and oxygen atoms in total. The first-order valence-corrected chi connectivity index (χ1v) is 7.52. The van der Waals surface area contributed by atoms with E-state index in [1.54, 1.807) is 6.92 Å². The SMILES string of the molecule is CCCn1cc(S(=O)(=O)NOCC(C)C)nc1C. The molecule has 0 unspecified atom stereocenters. The Hall–Kier alpha value is -0.920. The van der Waals surface area contributed by atoms with Gasteiger partial charge in [-0.15, -0.1) is 0 Å². The number of rotatable bonds is 7. The Morgan fingerprint density at radius 1 is 1.50 bits per heavy atom. The summed E-state index contributed by atoms with van der Waals surface area (Å²) in [6, 6.07) is 0. The maximum absolute atomic E-state index is 11.9. The average Bonchev–Trinajstić information content (AvgIpc) is 2.61. The highest BCUT2D eigenvalue weighted by atomic mass is 32.2. The molecular formula is C11H21N3O3S. The van der Waals surface area contributed by atoms with Crippen molar-refractivity contribution in [3.05, 3.63) is 12.0 Å². The molecule has 0 aliphatic heterocycles. The molecule has 0 bridgehead atoms. The smallest absolute Gasteiger partial charge is 0.281 e.